The number of hydrogen-bond acceptors (Lipinski definition) is 5. The predicted molar refractivity (Wildman–Crippen MR) is 92.7 cm³/mol. The molecule has 0 radical (unpaired) electrons. The molecule has 0 aromatic carbocycles. The highest BCUT2D eigenvalue weighted by Gasteiger charge is 2.17. The normalized spacial score (nSPS) is 10.6. The van der Waals surface area contributed by atoms with E-state index in [2.05, 4.69) is 10.3 Å². The minimum atomic E-state index is -0.208. The number of amides is 2. The van der Waals surface area contributed by atoms with Gasteiger partial charge in [-0.15, -0.1) is 11.3 Å². The lowest BCUT2D eigenvalue weighted by atomic mass is 10.2. The molecule has 1 aromatic rings. The van der Waals surface area contributed by atoms with Gasteiger partial charge in [-0.2, -0.15) is 0 Å². The Morgan fingerprint density at radius 1 is 1.35 bits per heavy atom. The van der Waals surface area contributed by atoms with Crippen molar-refractivity contribution in [2.75, 3.05) is 31.6 Å². The van der Waals surface area contributed by atoms with E-state index in [0.717, 1.165) is 25.0 Å². The Bertz CT molecular complexity index is 491. The Morgan fingerprint density at radius 2 is 2.13 bits per heavy atom. The van der Waals surface area contributed by atoms with Gasteiger partial charge in [-0.05, 0) is 26.7 Å². The van der Waals surface area contributed by atoms with Crippen LogP contribution in [0, 0.1) is 6.92 Å². The minimum Gasteiger partial charge on any atom is -0.382 e. The monoisotopic (exact) mass is 341 g/mol. The highest BCUT2D eigenvalue weighted by atomic mass is 32.1. The van der Waals surface area contributed by atoms with Gasteiger partial charge in [-0.1, -0.05) is 13.3 Å². The fourth-order valence-corrected chi connectivity index (χ4v) is 2.73. The molecule has 1 rings (SSSR count). The molecular formula is C16H27N3O3S. The van der Waals surface area contributed by atoms with Crippen molar-refractivity contribution >= 4 is 28.3 Å². The molecule has 0 aliphatic heterocycles. The summed E-state index contributed by atoms with van der Waals surface area (Å²) in [5.74, 6) is -0.186. The SMILES string of the molecule is CCCCC(=O)N(CCCOCC)CC(=O)Nc1nc(C)cs1. The Morgan fingerprint density at radius 3 is 2.74 bits per heavy atom. The fourth-order valence-electron chi connectivity index (χ4n) is 2.02. The topological polar surface area (TPSA) is 71.5 Å². The summed E-state index contributed by atoms with van der Waals surface area (Å²) in [6, 6.07) is 0. The van der Waals surface area contributed by atoms with Gasteiger partial charge in [0, 0.05) is 31.6 Å². The van der Waals surface area contributed by atoms with Gasteiger partial charge in [-0.25, -0.2) is 4.98 Å². The van der Waals surface area contributed by atoms with Gasteiger partial charge in [0.15, 0.2) is 5.13 Å². The molecule has 0 saturated heterocycles. The van der Waals surface area contributed by atoms with E-state index in [-0.39, 0.29) is 18.4 Å². The van der Waals surface area contributed by atoms with E-state index in [1.54, 1.807) is 4.90 Å². The third-order valence-electron chi connectivity index (χ3n) is 3.22. The summed E-state index contributed by atoms with van der Waals surface area (Å²) in [5.41, 5.74) is 0.873. The first-order chi connectivity index (χ1) is 11.1. The smallest absolute Gasteiger partial charge is 0.245 e. The molecule has 0 saturated carbocycles. The molecule has 6 nitrogen and oxygen atoms in total. The number of thiazole rings is 1. The van der Waals surface area contributed by atoms with Gasteiger partial charge >= 0.3 is 0 Å². The molecule has 23 heavy (non-hydrogen) atoms. The van der Waals surface area contributed by atoms with Crippen molar-refractivity contribution in [2.24, 2.45) is 0 Å². The molecule has 0 aliphatic rings. The summed E-state index contributed by atoms with van der Waals surface area (Å²) in [7, 11) is 0. The average Bonchev–Trinajstić information content (AvgIpc) is 2.92. The maximum Gasteiger partial charge on any atom is 0.245 e. The van der Waals surface area contributed by atoms with Gasteiger partial charge < -0.3 is 15.0 Å². The number of nitrogens with one attached hydrogen (secondary N) is 1. The maximum absolute atomic E-state index is 12.2. The number of aromatic nitrogens is 1. The van der Waals surface area contributed by atoms with Crippen molar-refractivity contribution in [1.29, 1.82) is 0 Å². The zero-order chi connectivity index (χ0) is 17.1. The van der Waals surface area contributed by atoms with E-state index in [1.165, 1.54) is 11.3 Å². The third-order valence-corrected chi connectivity index (χ3v) is 4.09. The Kier molecular flexibility index (Phi) is 9.47. The van der Waals surface area contributed by atoms with E-state index >= 15 is 0 Å². The average molecular weight is 341 g/mol. The summed E-state index contributed by atoms with van der Waals surface area (Å²) < 4.78 is 5.30. The van der Waals surface area contributed by atoms with Crippen LogP contribution in [0.2, 0.25) is 0 Å². The van der Waals surface area contributed by atoms with E-state index in [0.29, 0.717) is 31.3 Å². The maximum atomic E-state index is 12.2. The number of carbonyl (C=O) groups excluding carboxylic acids is 2. The molecule has 7 heteroatoms. The largest absolute Gasteiger partial charge is 0.382 e. The Labute approximate surface area is 142 Å². The molecule has 2 amide bonds. The van der Waals surface area contributed by atoms with E-state index < -0.39 is 0 Å². The number of unbranched alkanes of at least 4 members (excludes halogenated alkanes) is 1. The molecule has 0 fully saturated rings. The summed E-state index contributed by atoms with van der Waals surface area (Å²) in [6.07, 6.45) is 3.02. The fraction of sp³-hybridized carbons (Fsp3) is 0.688. The molecule has 0 aliphatic carbocycles. The van der Waals surface area contributed by atoms with Crippen LogP contribution in [0.25, 0.3) is 0 Å². The zero-order valence-electron chi connectivity index (χ0n) is 14.3. The van der Waals surface area contributed by atoms with Crippen molar-refractivity contribution in [2.45, 2.75) is 46.5 Å². The van der Waals surface area contributed by atoms with Crippen LogP contribution >= 0.6 is 11.3 Å². The van der Waals surface area contributed by atoms with Crippen molar-refractivity contribution in [3.8, 4) is 0 Å². The lowest BCUT2D eigenvalue weighted by molar-refractivity contribution is -0.135. The van der Waals surface area contributed by atoms with Gasteiger partial charge in [-0.3, -0.25) is 9.59 Å². The molecule has 1 aromatic heterocycles. The van der Waals surface area contributed by atoms with E-state index in [4.69, 9.17) is 4.74 Å². The first kappa shape index (κ1) is 19.6. The van der Waals surface area contributed by atoms with Crippen molar-refractivity contribution in [3.05, 3.63) is 11.1 Å². The number of carbonyl (C=O) groups is 2. The van der Waals surface area contributed by atoms with Gasteiger partial charge in [0.25, 0.3) is 0 Å². The molecule has 130 valence electrons. The van der Waals surface area contributed by atoms with Crippen molar-refractivity contribution < 1.29 is 14.3 Å². The van der Waals surface area contributed by atoms with Crippen LogP contribution in [-0.4, -0.2) is 48.0 Å². The first-order valence-corrected chi connectivity index (χ1v) is 9.02. The predicted octanol–water partition coefficient (Wildman–Crippen LogP) is 2.84. The van der Waals surface area contributed by atoms with Crippen LogP contribution in [0.4, 0.5) is 5.13 Å². The van der Waals surface area contributed by atoms with Gasteiger partial charge in [0.05, 0.1) is 12.2 Å². The second-order valence-corrected chi connectivity index (χ2v) is 6.17. The van der Waals surface area contributed by atoms with Crippen molar-refractivity contribution in [1.82, 2.24) is 9.88 Å². The zero-order valence-corrected chi connectivity index (χ0v) is 15.1. The molecule has 0 bridgehead atoms. The number of hydrogen-bond donors (Lipinski definition) is 1. The number of anilines is 1. The number of aryl methyl sites for hydroxylation is 1. The second kappa shape index (κ2) is 11.1. The molecule has 1 heterocycles. The van der Waals surface area contributed by atoms with Crippen LogP contribution in [0.5, 0.6) is 0 Å². The standard InChI is InChI=1S/C16H27N3O3S/c1-4-6-8-15(21)19(9-7-10-22-5-2)11-14(20)18-16-17-13(3)12-23-16/h12H,4-11H2,1-3H3,(H,17,18,20). The Hall–Kier alpha value is -1.47. The minimum absolute atomic E-state index is 0.0221. The number of rotatable bonds is 11. The summed E-state index contributed by atoms with van der Waals surface area (Å²) in [4.78, 5) is 30.2. The molecule has 0 spiro atoms. The van der Waals surface area contributed by atoms with Crippen LogP contribution in [-0.2, 0) is 14.3 Å². The molecular weight excluding hydrogens is 314 g/mol. The molecule has 0 unspecified atom stereocenters. The van der Waals surface area contributed by atoms with E-state index in [1.807, 2.05) is 26.2 Å². The molecule has 0 atom stereocenters. The van der Waals surface area contributed by atoms with Crippen molar-refractivity contribution in [3.63, 3.8) is 0 Å². The lowest BCUT2D eigenvalue weighted by Crippen LogP contribution is -2.39. The first-order valence-electron chi connectivity index (χ1n) is 8.14. The summed E-state index contributed by atoms with van der Waals surface area (Å²) in [5, 5.41) is 5.20. The van der Waals surface area contributed by atoms with Gasteiger partial charge in [0.1, 0.15) is 0 Å². The highest BCUT2D eigenvalue weighted by Crippen LogP contribution is 2.14. The van der Waals surface area contributed by atoms with Crippen LogP contribution in [0.3, 0.4) is 0 Å². The number of ether oxygens (including phenoxy) is 1. The lowest BCUT2D eigenvalue weighted by Gasteiger charge is -2.22. The van der Waals surface area contributed by atoms with Crippen LogP contribution in [0.15, 0.2) is 5.38 Å². The van der Waals surface area contributed by atoms with Crippen LogP contribution < -0.4 is 5.32 Å². The highest BCUT2D eigenvalue weighted by molar-refractivity contribution is 7.13. The summed E-state index contributed by atoms with van der Waals surface area (Å²) in [6.45, 7) is 7.72. The van der Waals surface area contributed by atoms with E-state index in [9.17, 15) is 9.59 Å². The van der Waals surface area contributed by atoms with Gasteiger partial charge in [0.2, 0.25) is 11.8 Å². The number of nitrogens with zero attached hydrogens (tertiary/aromatic N) is 2. The Balaban J connectivity index is 2.51. The quantitative estimate of drug-likeness (QED) is 0.628. The molecule has 1 N–H and O–H groups in total. The summed E-state index contributed by atoms with van der Waals surface area (Å²) >= 11 is 1.39. The third kappa shape index (κ3) is 8.08. The van der Waals surface area contributed by atoms with Crippen LogP contribution in [0.1, 0.15) is 45.2 Å². The second-order valence-electron chi connectivity index (χ2n) is 5.31.